The monoisotopic (exact) mass is 598 g/mol. The zero-order chi connectivity index (χ0) is 30.3. The average molecular weight is 599 g/mol. The zero-order valence-corrected chi connectivity index (χ0v) is 24.7. The van der Waals surface area contributed by atoms with E-state index in [1.807, 2.05) is 48.9 Å². The topological polar surface area (TPSA) is 83.5 Å². The van der Waals surface area contributed by atoms with Gasteiger partial charge in [-0.2, -0.15) is 0 Å². The normalized spacial score (nSPS) is 20.6. The lowest BCUT2D eigenvalue weighted by molar-refractivity contribution is 0.0255. The van der Waals surface area contributed by atoms with Gasteiger partial charge in [-0.05, 0) is 56.5 Å². The van der Waals surface area contributed by atoms with Gasteiger partial charge in [0.2, 0.25) is 0 Å². The number of hydrogen-bond donors (Lipinski definition) is 3. The lowest BCUT2D eigenvalue weighted by Gasteiger charge is -2.40. The molecule has 1 aromatic heterocycles. The molecule has 2 aliphatic rings. The number of benzene rings is 2. The molecule has 5 rings (SSSR count). The molecule has 4 atom stereocenters. The number of likely N-dealkylation sites (N-methyl/N-ethyl adjacent to an activating group) is 1. The second-order valence-corrected chi connectivity index (χ2v) is 11.6. The molecule has 3 heterocycles. The van der Waals surface area contributed by atoms with Gasteiger partial charge in [-0.15, -0.1) is 0 Å². The van der Waals surface area contributed by atoms with Crippen molar-refractivity contribution in [2.75, 3.05) is 46.4 Å². The third-order valence-electron chi connectivity index (χ3n) is 8.35. The van der Waals surface area contributed by atoms with Crippen LogP contribution < -0.4 is 16.0 Å². The Kier molecular flexibility index (Phi) is 10.4. The molecule has 2 aromatic carbocycles. The van der Waals surface area contributed by atoms with E-state index in [1.54, 1.807) is 11.1 Å². The Morgan fingerprint density at radius 1 is 1.16 bits per heavy atom. The second kappa shape index (κ2) is 14.4. The smallest absolute Gasteiger partial charge is 0.318 e. The van der Waals surface area contributed by atoms with Crippen molar-refractivity contribution in [1.29, 1.82) is 0 Å². The summed E-state index contributed by atoms with van der Waals surface area (Å²) in [4.78, 5) is 20.8. The number of nitrogens with zero attached hydrogens (tertiary/aromatic N) is 3. The number of carbonyl (C=O) groups is 1. The fraction of sp³-hybridized carbons (Fsp3) is 0.500. The molecule has 0 saturated carbocycles. The van der Waals surface area contributed by atoms with Crippen molar-refractivity contribution in [2.24, 2.45) is 11.8 Å². The number of amides is 2. The molecule has 2 fully saturated rings. The number of carbonyl (C=O) groups excluding carboxylic acids is 1. The molecule has 3 N–H and O–H groups in total. The first-order chi connectivity index (χ1) is 20.8. The molecule has 0 bridgehead atoms. The summed E-state index contributed by atoms with van der Waals surface area (Å²) in [6, 6.07) is 12.0. The van der Waals surface area contributed by atoms with Gasteiger partial charge >= 0.3 is 6.03 Å². The van der Waals surface area contributed by atoms with Crippen molar-refractivity contribution in [3.8, 4) is 11.3 Å². The van der Waals surface area contributed by atoms with Gasteiger partial charge in [-0.25, -0.2) is 22.9 Å². The second-order valence-electron chi connectivity index (χ2n) is 11.6. The first-order valence-electron chi connectivity index (χ1n) is 15.0. The highest BCUT2D eigenvalue weighted by Gasteiger charge is 2.40. The summed E-state index contributed by atoms with van der Waals surface area (Å²) >= 11 is 0. The number of urea groups is 1. The summed E-state index contributed by atoms with van der Waals surface area (Å²) in [5, 5.41) is 9.27. The van der Waals surface area contributed by atoms with Gasteiger partial charge in [0.1, 0.15) is 23.6 Å². The quantitative estimate of drug-likeness (QED) is 0.303. The highest BCUT2D eigenvalue weighted by Crippen LogP contribution is 2.38. The minimum Gasteiger partial charge on any atom is -0.381 e. The fourth-order valence-corrected chi connectivity index (χ4v) is 6.14. The molecule has 8 nitrogen and oxygen atoms in total. The van der Waals surface area contributed by atoms with E-state index in [1.165, 1.54) is 0 Å². The van der Waals surface area contributed by atoms with Crippen LogP contribution in [-0.4, -0.2) is 79.1 Å². The summed E-state index contributed by atoms with van der Waals surface area (Å²) in [7, 11) is 1.82. The largest absolute Gasteiger partial charge is 0.381 e. The van der Waals surface area contributed by atoms with Crippen LogP contribution in [0.15, 0.2) is 54.7 Å². The van der Waals surface area contributed by atoms with Crippen LogP contribution in [0.3, 0.4) is 0 Å². The van der Waals surface area contributed by atoms with E-state index in [-0.39, 0.29) is 42.3 Å². The molecule has 3 aromatic rings. The minimum atomic E-state index is -1.10. The Balaban J connectivity index is 1.63. The number of imidazole rings is 1. The molecule has 43 heavy (non-hydrogen) atoms. The van der Waals surface area contributed by atoms with E-state index in [0.717, 1.165) is 23.8 Å². The van der Waals surface area contributed by atoms with Gasteiger partial charge < -0.3 is 30.2 Å². The van der Waals surface area contributed by atoms with Crippen molar-refractivity contribution >= 4 is 6.03 Å². The number of hydrogen-bond acceptors (Lipinski definition) is 5. The number of aromatic nitrogens is 2. The van der Waals surface area contributed by atoms with E-state index in [2.05, 4.69) is 16.0 Å². The number of nitrogens with one attached hydrogen (secondary N) is 3. The molecule has 4 unspecified atom stereocenters. The highest BCUT2D eigenvalue weighted by atomic mass is 19.1. The van der Waals surface area contributed by atoms with E-state index in [4.69, 9.17) is 9.72 Å². The Labute approximate surface area is 251 Å². The predicted molar refractivity (Wildman–Crippen MR) is 159 cm³/mol. The summed E-state index contributed by atoms with van der Waals surface area (Å²) in [5.74, 6) is -1.06. The first kappa shape index (κ1) is 31.0. The van der Waals surface area contributed by atoms with Crippen LogP contribution in [0.5, 0.6) is 0 Å². The van der Waals surface area contributed by atoms with Crippen molar-refractivity contribution in [3.63, 3.8) is 0 Å². The Bertz CT molecular complexity index is 1350. The van der Waals surface area contributed by atoms with Crippen LogP contribution in [-0.2, 0) is 11.3 Å². The van der Waals surface area contributed by atoms with Crippen LogP contribution in [0.4, 0.5) is 18.0 Å². The molecule has 0 aliphatic carbocycles. The number of alkyl halides is 1. The standard InChI is InChI=1S/C32H41F3N6O2/c1-21(15-36-2)38-32(42)41(19-24-16-37-17-28(24)35)30(23-10-12-43-13-11-23)31-39-29(26-14-25(33)8-9-27(26)34)20-40(31)18-22-6-4-3-5-7-22/h3-9,14,20-21,23-24,28,30,36-37H,10-13,15-19H2,1-2H3,(H,38,42). The van der Waals surface area contributed by atoms with E-state index in [0.29, 0.717) is 51.5 Å². The molecule has 0 spiro atoms. The molecule has 2 aliphatic heterocycles. The van der Waals surface area contributed by atoms with Gasteiger partial charge in [-0.1, -0.05) is 30.3 Å². The SMILES string of the molecule is CNCC(C)NC(=O)N(CC1CNCC1F)C(c1nc(-c2cc(F)ccc2F)cn1Cc1ccccc1)C1CCOCC1. The Morgan fingerprint density at radius 2 is 1.93 bits per heavy atom. The Morgan fingerprint density at radius 3 is 2.63 bits per heavy atom. The Hall–Kier alpha value is -3.41. The van der Waals surface area contributed by atoms with Gasteiger partial charge in [0, 0.05) is 69.7 Å². The number of rotatable bonds is 11. The lowest BCUT2D eigenvalue weighted by atomic mass is 9.89. The number of halogens is 3. The lowest BCUT2D eigenvalue weighted by Crippen LogP contribution is -2.52. The van der Waals surface area contributed by atoms with Crippen molar-refractivity contribution in [1.82, 2.24) is 30.4 Å². The van der Waals surface area contributed by atoms with Crippen molar-refractivity contribution in [2.45, 2.75) is 44.6 Å². The maximum atomic E-state index is 15.0. The van der Waals surface area contributed by atoms with Gasteiger partial charge in [0.25, 0.3) is 0 Å². The third kappa shape index (κ3) is 7.57. The summed E-state index contributed by atoms with van der Waals surface area (Å²) in [6.07, 6.45) is 1.97. The van der Waals surface area contributed by atoms with Crippen molar-refractivity contribution < 1.29 is 22.7 Å². The summed E-state index contributed by atoms with van der Waals surface area (Å²) < 4.78 is 52.0. The molecular weight excluding hydrogens is 557 g/mol. The molecule has 11 heteroatoms. The molecule has 2 amide bonds. The molecular formula is C32H41F3N6O2. The first-order valence-corrected chi connectivity index (χ1v) is 15.0. The predicted octanol–water partition coefficient (Wildman–Crippen LogP) is 4.52. The fourth-order valence-electron chi connectivity index (χ4n) is 6.14. The zero-order valence-electron chi connectivity index (χ0n) is 24.7. The van der Waals surface area contributed by atoms with Crippen LogP contribution in [0.25, 0.3) is 11.3 Å². The van der Waals surface area contributed by atoms with Crippen LogP contribution >= 0.6 is 0 Å². The van der Waals surface area contributed by atoms with Gasteiger partial charge in [-0.3, -0.25) is 0 Å². The number of ether oxygens (including phenoxy) is 1. The van der Waals surface area contributed by atoms with Gasteiger partial charge in [0.05, 0.1) is 11.7 Å². The molecule has 232 valence electrons. The van der Waals surface area contributed by atoms with E-state index >= 15 is 8.78 Å². The van der Waals surface area contributed by atoms with E-state index in [9.17, 15) is 9.18 Å². The van der Waals surface area contributed by atoms with Crippen LogP contribution in [0, 0.1) is 23.5 Å². The molecule has 0 radical (unpaired) electrons. The summed E-state index contributed by atoms with van der Waals surface area (Å²) in [5.41, 5.74) is 1.30. The van der Waals surface area contributed by atoms with Crippen LogP contribution in [0.1, 0.15) is 37.2 Å². The minimum absolute atomic E-state index is 0.0428. The maximum absolute atomic E-state index is 15.0. The van der Waals surface area contributed by atoms with E-state index < -0.39 is 29.8 Å². The summed E-state index contributed by atoms with van der Waals surface area (Å²) in [6.45, 7) is 4.79. The molecule has 2 saturated heterocycles. The van der Waals surface area contributed by atoms with Crippen molar-refractivity contribution in [3.05, 3.63) is 77.8 Å². The highest BCUT2D eigenvalue weighted by molar-refractivity contribution is 5.75. The third-order valence-corrected chi connectivity index (χ3v) is 8.35. The van der Waals surface area contributed by atoms with Crippen LogP contribution in [0.2, 0.25) is 0 Å². The van der Waals surface area contributed by atoms with Gasteiger partial charge in [0.15, 0.2) is 0 Å². The maximum Gasteiger partial charge on any atom is 0.318 e. The average Bonchev–Trinajstić information content (AvgIpc) is 3.60.